The molecule has 1 aliphatic rings. The van der Waals surface area contributed by atoms with Crippen LogP contribution in [-0.2, 0) is 15.1 Å². The van der Waals surface area contributed by atoms with Crippen LogP contribution in [0.2, 0.25) is 0 Å². The summed E-state index contributed by atoms with van der Waals surface area (Å²) in [5.74, 6) is -2.20. The second kappa shape index (κ2) is 8.22. The van der Waals surface area contributed by atoms with Gasteiger partial charge in [-0.3, -0.25) is 4.99 Å². The molecule has 2 aromatic carbocycles. The molecule has 0 saturated heterocycles. The summed E-state index contributed by atoms with van der Waals surface area (Å²) in [6, 6.07) is 18.7. The number of nitrogens with zero attached hydrogens (tertiary/aromatic N) is 1. The maximum atomic E-state index is 10.6. The summed E-state index contributed by atoms with van der Waals surface area (Å²) < 4.78 is 37.3. The van der Waals surface area contributed by atoms with Gasteiger partial charge in [-0.05, 0) is 29.7 Å². The van der Waals surface area contributed by atoms with Crippen molar-refractivity contribution in [2.75, 3.05) is 13.2 Å². The lowest BCUT2D eigenvalue weighted by Gasteiger charge is -2.30. The van der Waals surface area contributed by atoms with Crippen molar-refractivity contribution in [3.63, 3.8) is 0 Å². The first-order valence-electron chi connectivity index (χ1n) is 8.00. The monoisotopic (exact) mass is 380 g/mol. The van der Waals surface area contributed by atoms with Crippen LogP contribution in [0.25, 0.3) is 11.1 Å². The number of carboxylic acids is 1. The zero-order valence-corrected chi connectivity index (χ0v) is 14.5. The molecule has 1 aliphatic heterocycles. The third-order valence-corrected chi connectivity index (χ3v) is 3.86. The second-order valence-corrected chi connectivity index (χ2v) is 6.12. The number of carbonyl (C=O) groups is 1. The number of ether oxygens (including phenoxy) is 1. The van der Waals surface area contributed by atoms with Gasteiger partial charge in [-0.2, -0.15) is 13.2 Å². The van der Waals surface area contributed by atoms with E-state index in [0.29, 0.717) is 19.0 Å². The predicted molar refractivity (Wildman–Crippen MR) is 95.4 cm³/mol. The number of halogens is 3. The van der Waals surface area contributed by atoms with E-state index in [-0.39, 0.29) is 0 Å². The molecule has 0 radical (unpaired) electrons. The fourth-order valence-electron chi connectivity index (χ4n) is 2.55. The molecule has 3 N–H and O–H groups in total. The van der Waals surface area contributed by atoms with E-state index < -0.39 is 17.7 Å². The molecule has 27 heavy (non-hydrogen) atoms. The number of aliphatic imine (C=N–C) groups is 1. The molecule has 3 rings (SSSR count). The van der Waals surface area contributed by atoms with Gasteiger partial charge in [-0.1, -0.05) is 48.5 Å². The zero-order chi connectivity index (χ0) is 20.1. The van der Waals surface area contributed by atoms with Crippen molar-refractivity contribution in [2.45, 2.75) is 18.6 Å². The van der Waals surface area contributed by atoms with Crippen molar-refractivity contribution in [3.05, 3.63) is 60.2 Å². The van der Waals surface area contributed by atoms with Crippen LogP contribution in [0.1, 0.15) is 12.5 Å². The first-order chi connectivity index (χ1) is 12.6. The highest BCUT2D eigenvalue weighted by molar-refractivity contribution is 5.82. The van der Waals surface area contributed by atoms with Gasteiger partial charge in [0, 0.05) is 0 Å². The van der Waals surface area contributed by atoms with Crippen molar-refractivity contribution >= 4 is 11.8 Å². The highest BCUT2D eigenvalue weighted by Gasteiger charge is 2.38. The highest BCUT2D eigenvalue weighted by atomic mass is 19.4. The average molecular weight is 380 g/mol. The van der Waals surface area contributed by atoms with Crippen molar-refractivity contribution in [2.24, 2.45) is 10.7 Å². The quantitative estimate of drug-likeness (QED) is 0.834. The van der Waals surface area contributed by atoms with Crippen LogP contribution >= 0.6 is 0 Å². The fraction of sp³-hybridized carbons (Fsp3) is 0.263. The molecule has 0 aromatic heterocycles. The predicted octanol–water partition coefficient (Wildman–Crippen LogP) is 3.59. The molecule has 0 bridgehead atoms. The van der Waals surface area contributed by atoms with Crippen molar-refractivity contribution in [3.8, 4) is 11.1 Å². The normalized spacial score (nSPS) is 19.5. The van der Waals surface area contributed by atoms with Gasteiger partial charge in [-0.15, -0.1) is 0 Å². The fourth-order valence-corrected chi connectivity index (χ4v) is 2.55. The lowest BCUT2D eigenvalue weighted by atomic mass is 9.90. The Bertz CT molecular complexity index is 822. The largest absolute Gasteiger partial charge is 0.490 e. The van der Waals surface area contributed by atoms with E-state index in [2.05, 4.69) is 48.3 Å². The summed E-state index contributed by atoms with van der Waals surface area (Å²) in [7, 11) is 0. The molecule has 0 fully saturated rings. The summed E-state index contributed by atoms with van der Waals surface area (Å²) in [6.45, 7) is 3.04. The maximum absolute atomic E-state index is 10.6. The molecule has 1 heterocycles. The van der Waals surface area contributed by atoms with Crippen molar-refractivity contribution in [1.29, 1.82) is 0 Å². The number of carboxylic acid groups (broad SMARTS) is 1. The Balaban J connectivity index is 0.000000321. The Morgan fingerprint density at radius 1 is 1.15 bits per heavy atom. The average Bonchev–Trinajstić information content (AvgIpc) is 2.62. The number of benzene rings is 2. The number of amidine groups is 1. The molecular weight excluding hydrogens is 361 g/mol. The third-order valence-electron chi connectivity index (χ3n) is 3.86. The molecule has 0 amide bonds. The number of alkyl halides is 3. The van der Waals surface area contributed by atoms with Gasteiger partial charge in [0.25, 0.3) is 0 Å². The third kappa shape index (κ3) is 5.55. The Hall–Kier alpha value is -2.87. The van der Waals surface area contributed by atoms with Gasteiger partial charge < -0.3 is 15.6 Å². The molecule has 0 aliphatic carbocycles. The van der Waals surface area contributed by atoms with E-state index >= 15 is 0 Å². The summed E-state index contributed by atoms with van der Waals surface area (Å²) in [6.07, 6.45) is -5.08. The van der Waals surface area contributed by atoms with E-state index in [9.17, 15) is 13.2 Å². The minimum atomic E-state index is -5.08. The molecule has 2 aromatic rings. The lowest BCUT2D eigenvalue weighted by molar-refractivity contribution is -0.192. The number of rotatable bonds is 2. The van der Waals surface area contributed by atoms with E-state index in [1.165, 1.54) is 11.1 Å². The number of hydrogen-bond acceptors (Lipinski definition) is 4. The Morgan fingerprint density at radius 3 is 2.30 bits per heavy atom. The maximum Gasteiger partial charge on any atom is 0.490 e. The van der Waals surface area contributed by atoms with Crippen LogP contribution in [0.3, 0.4) is 0 Å². The van der Waals surface area contributed by atoms with Gasteiger partial charge >= 0.3 is 12.1 Å². The molecule has 5 nitrogen and oxygen atoms in total. The van der Waals surface area contributed by atoms with Crippen LogP contribution in [0.5, 0.6) is 0 Å². The Kier molecular flexibility index (Phi) is 6.22. The molecule has 0 spiro atoms. The number of nitrogens with two attached hydrogens (primary N) is 1. The van der Waals surface area contributed by atoms with Crippen LogP contribution in [0, 0.1) is 0 Å². The summed E-state index contributed by atoms with van der Waals surface area (Å²) in [5, 5.41) is 7.12. The lowest BCUT2D eigenvalue weighted by Crippen LogP contribution is -2.37. The summed E-state index contributed by atoms with van der Waals surface area (Å²) in [4.78, 5) is 13.5. The highest BCUT2D eigenvalue weighted by Crippen LogP contribution is 2.31. The Labute approximate surface area is 154 Å². The molecule has 1 atom stereocenters. The molecule has 144 valence electrons. The van der Waals surface area contributed by atoms with Gasteiger partial charge in [0.1, 0.15) is 18.0 Å². The van der Waals surface area contributed by atoms with Gasteiger partial charge in [-0.25, -0.2) is 4.79 Å². The van der Waals surface area contributed by atoms with Crippen LogP contribution in [0.15, 0.2) is 59.6 Å². The van der Waals surface area contributed by atoms with Crippen LogP contribution in [0.4, 0.5) is 13.2 Å². The number of aliphatic carboxylic acids is 1. The minimum Gasteiger partial charge on any atom is -0.475 e. The van der Waals surface area contributed by atoms with Gasteiger partial charge in [0.05, 0.1) is 6.61 Å². The smallest absolute Gasteiger partial charge is 0.475 e. The van der Waals surface area contributed by atoms with Crippen LogP contribution in [-0.4, -0.2) is 36.3 Å². The van der Waals surface area contributed by atoms with Gasteiger partial charge in [0.2, 0.25) is 0 Å². The SMILES string of the molecule is CC1(c2cccc(-c3ccccc3)c2)COCC(N)=N1.O=C(O)C(F)(F)F. The van der Waals surface area contributed by atoms with E-state index in [1.807, 2.05) is 18.2 Å². The molecule has 8 heteroatoms. The Morgan fingerprint density at radius 2 is 1.74 bits per heavy atom. The van der Waals surface area contributed by atoms with Gasteiger partial charge in [0.15, 0.2) is 0 Å². The molecular formula is C19H19F3N2O3. The van der Waals surface area contributed by atoms with Crippen molar-refractivity contribution in [1.82, 2.24) is 0 Å². The van der Waals surface area contributed by atoms with E-state index in [0.717, 1.165) is 5.56 Å². The van der Waals surface area contributed by atoms with E-state index in [4.69, 9.17) is 20.4 Å². The topological polar surface area (TPSA) is 84.9 Å². The molecule has 1 unspecified atom stereocenters. The minimum absolute atomic E-state index is 0.396. The zero-order valence-electron chi connectivity index (χ0n) is 14.5. The van der Waals surface area contributed by atoms with E-state index in [1.54, 1.807) is 0 Å². The molecule has 0 saturated carbocycles. The van der Waals surface area contributed by atoms with Crippen LogP contribution < -0.4 is 5.73 Å². The summed E-state index contributed by atoms with van der Waals surface area (Å²) >= 11 is 0. The summed E-state index contributed by atoms with van der Waals surface area (Å²) in [5.41, 5.74) is 8.94. The standard InChI is InChI=1S/C17H18N2O.C2HF3O2/c1-17(12-20-11-16(18)19-17)15-9-5-8-14(10-15)13-6-3-2-4-7-13;3-2(4,5)1(6)7/h2-10H,11-12H2,1H3,(H2,18,19);(H,6,7). The number of hydrogen-bond donors (Lipinski definition) is 2. The van der Waals surface area contributed by atoms with Crippen molar-refractivity contribution < 1.29 is 27.8 Å². The first-order valence-corrected chi connectivity index (χ1v) is 8.00. The first kappa shape index (κ1) is 20.4. The second-order valence-electron chi connectivity index (χ2n) is 6.12.